The van der Waals surface area contributed by atoms with Crippen molar-refractivity contribution in [2.75, 3.05) is 6.54 Å². The van der Waals surface area contributed by atoms with Crippen molar-refractivity contribution in [1.82, 2.24) is 4.90 Å². The lowest BCUT2D eigenvalue weighted by Crippen LogP contribution is -2.27. The largest absolute Gasteiger partial charge is 0.337 e. The molecule has 1 fully saturated rings. The molecule has 1 aliphatic heterocycles. The maximum absolute atomic E-state index is 13.4. The molecule has 7 heteroatoms. The van der Waals surface area contributed by atoms with Gasteiger partial charge in [0, 0.05) is 25.1 Å². The van der Waals surface area contributed by atoms with Crippen LogP contribution < -0.4 is 0 Å². The summed E-state index contributed by atoms with van der Waals surface area (Å²) in [4.78, 5) is 12.7. The summed E-state index contributed by atoms with van der Waals surface area (Å²) in [7, 11) is -4.73. The molecule has 1 aliphatic rings. The third kappa shape index (κ3) is 2.66. The van der Waals surface area contributed by atoms with Crippen molar-refractivity contribution in [2.45, 2.75) is 18.2 Å². The molecule has 0 saturated carbocycles. The van der Waals surface area contributed by atoms with E-state index in [2.05, 4.69) is 0 Å². The minimum absolute atomic E-state index is 0.0441. The fraction of sp³-hybridized carbons (Fsp3) is 0.364. The van der Waals surface area contributed by atoms with Crippen molar-refractivity contribution in [2.24, 2.45) is 0 Å². The number of carbonyl (C=O) groups is 1. The van der Waals surface area contributed by atoms with Crippen molar-refractivity contribution in [1.29, 1.82) is 0 Å². The molecule has 0 spiro atoms. The number of nitrogens with zero attached hydrogens (tertiary/aromatic N) is 1. The zero-order chi connectivity index (χ0) is 13.3. The van der Waals surface area contributed by atoms with E-state index in [0.717, 1.165) is 4.90 Å². The zero-order valence-corrected chi connectivity index (χ0v) is 10.2. The Morgan fingerprint density at radius 1 is 1.33 bits per heavy atom. The summed E-state index contributed by atoms with van der Waals surface area (Å²) in [6.45, 7) is -0.274. The molecular weight excluding hydrogens is 264 g/mol. The average Bonchev–Trinajstić information content (AvgIpc) is 2.63. The van der Waals surface area contributed by atoms with E-state index in [9.17, 15) is 21.5 Å². The second-order valence-electron chi connectivity index (χ2n) is 4.17. The maximum atomic E-state index is 13.4. The highest BCUT2D eigenvalue weighted by Gasteiger charge is 2.38. The van der Waals surface area contributed by atoms with Crippen molar-refractivity contribution in [3.05, 3.63) is 35.6 Å². The summed E-state index contributed by atoms with van der Waals surface area (Å²) >= 11 is 0. The van der Waals surface area contributed by atoms with E-state index in [1.807, 2.05) is 0 Å². The Morgan fingerprint density at radius 2 is 2.00 bits per heavy atom. The van der Waals surface area contributed by atoms with E-state index < -0.39 is 27.2 Å². The summed E-state index contributed by atoms with van der Waals surface area (Å²) in [6.07, 6.45) is -0.382. The normalized spacial score (nSPS) is 20.4. The SMILES string of the molecule is O=C1CC(S(=O)(=O)F)CN1Cc1ccccc1F. The van der Waals surface area contributed by atoms with Gasteiger partial charge < -0.3 is 4.90 Å². The Labute approximate surface area is 103 Å². The van der Waals surface area contributed by atoms with E-state index in [4.69, 9.17) is 0 Å². The van der Waals surface area contributed by atoms with Gasteiger partial charge in [0.25, 0.3) is 0 Å². The molecule has 1 aromatic carbocycles. The van der Waals surface area contributed by atoms with Gasteiger partial charge in [0.1, 0.15) is 11.1 Å². The van der Waals surface area contributed by atoms with Crippen LogP contribution in [0.25, 0.3) is 0 Å². The highest BCUT2D eigenvalue weighted by molar-refractivity contribution is 7.87. The van der Waals surface area contributed by atoms with Crippen LogP contribution in [-0.2, 0) is 21.6 Å². The van der Waals surface area contributed by atoms with Gasteiger partial charge in [-0.3, -0.25) is 4.79 Å². The summed E-state index contributed by atoms with van der Waals surface area (Å²) < 4.78 is 47.6. The van der Waals surface area contributed by atoms with Gasteiger partial charge in [-0.1, -0.05) is 18.2 Å². The van der Waals surface area contributed by atoms with Gasteiger partial charge in [-0.05, 0) is 6.07 Å². The van der Waals surface area contributed by atoms with Crippen LogP contribution in [0.2, 0.25) is 0 Å². The first kappa shape index (κ1) is 12.9. The second-order valence-corrected chi connectivity index (χ2v) is 5.79. The van der Waals surface area contributed by atoms with E-state index >= 15 is 0 Å². The first-order valence-electron chi connectivity index (χ1n) is 5.32. The van der Waals surface area contributed by atoms with Gasteiger partial charge in [-0.15, -0.1) is 3.89 Å². The smallest absolute Gasteiger partial charge is 0.307 e. The number of hydrogen-bond donors (Lipinski definition) is 0. The lowest BCUT2D eigenvalue weighted by Gasteiger charge is -2.16. The number of amides is 1. The van der Waals surface area contributed by atoms with Gasteiger partial charge in [0.05, 0.1) is 0 Å². The number of rotatable bonds is 3. The first-order chi connectivity index (χ1) is 8.38. The zero-order valence-electron chi connectivity index (χ0n) is 9.34. The fourth-order valence-corrected chi connectivity index (χ4v) is 2.61. The number of halogens is 2. The van der Waals surface area contributed by atoms with Crippen LogP contribution in [0, 0.1) is 5.82 Å². The standard InChI is InChI=1S/C11H11F2NO3S/c12-10-4-2-1-3-8(10)6-14-7-9(5-11(14)15)18(13,16)17/h1-4,9H,5-7H2. The molecule has 0 radical (unpaired) electrons. The number of likely N-dealkylation sites (tertiary alicyclic amines) is 1. The maximum Gasteiger partial charge on any atom is 0.307 e. The Bertz CT molecular complexity index is 573. The number of benzene rings is 1. The highest BCUT2D eigenvalue weighted by atomic mass is 32.3. The van der Waals surface area contributed by atoms with Gasteiger partial charge in [-0.25, -0.2) is 4.39 Å². The van der Waals surface area contributed by atoms with Crippen LogP contribution in [0.15, 0.2) is 24.3 Å². The molecule has 1 aromatic rings. The molecule has 2 rings (SSSR count). The first-order valence-corrected chi connectivity index (χ1v) is 6.77. The molecule has 1 atom stereocenters. The van der Waals surface area contributed by atoms with E-state index in [1.165, 1.54) is 18.2 Å². The number of hydrogen-bond acceptors (Lipinski definition) is 3. The highest BCUT2D eigenvalue weighted by Crippen LogP contribution is 2.22. The van der Waals surface area contributed by atoms with Gasteiger partial charge in [-0.2, -0.15) is 8.42 Å². The molecule has 1 amide bonds. The minimum Gasteiger partial charge on any atom is -0.337 e. The van der Waals surface area contributed by atoms with Crippen LogP contribution in [-0.4, -0.2) is 31.0 Å². The minimum atomic E-state index is -4.73. The van der Waals surface area contributed by atoms with Crippen molar-refractivity contribution >= 4 is 16.1 Å². The lowest BCUT2D eigenvalue weighted by molar-refractivity contribution is -0.128. The third-order valence-corrected chi connectivity index (χ3v) is 4.01. The molecule has 98 valence electrons. The fourth-order valence-electron chi connectivity index (χ4n) is 1.91. The van der Waals surface area contributed by atoms with Crippen molar-refractivity contribution in [3.63, 3.8) is 0 Å². The van der Waals surface area contributed by atoms with Crippen LogP contribution >= 0.6 is 0 Å². The summed E-state index contributed by atoms with van der Waals surface area (Å²) in [5.41, 5.74) is 0.280. The predicted octanol–water partition coefficient (Wildman–Crippen LogP) is 1.23. The lowest BCUT2D eigenvalue weighted by atomic mass is 10.2. The quantitative estimate of drug-likeness (QED) is 0.780. The summed E-state index contributed by atoms with van der Waals surface area (Å²) in [5.74, 6) is -0.957. The molecule has 1 unspecified atom stereocenters. The molecule has 0 bridgehead atoms. The molecule has 1 heterocycles. The van der Waals surface area contributed by atoms with Crippen LogP contribution in [0.4, 0.5) is 8.28 Å². The summed E-state index contributed by atoms with van der Waals surface area (Å²) in [5, 5.41) is -1.34. The average molecular weight is 275 g/mol. The molecule has 4 nitrogen and oxygen atoms in total. The number of carbonyl (C=O) groups excluding carboxylic acids is 1. The van der Waals surface area contributed by atoms with Crippen molar-refractivity contribution < 1.29 is 21.5 Å². The van der Waals surface area contributed by atoms with E-state index in [0.29, 0.717) is 0 Å². The third-order valence-electron chi connectivity index (χ3n) is 2.90. The Balaban J connectivity index is 2.13. The van der Waals surface area contributed by atoms with Gasteiger partial charge >= 0.3 is 10.2 Å². The summed E-state index contributed by atoms with van der Waals surface area (Å²) in [6, 6.07) is 5.88. The van der Waals surface area contributed by atoms with Crippen molar-refractivity contribution in [3.8, 4) is 0 Å². The van der Waals surface area contributed by atoms with E-state index in [1.54, 1.807) is 6.07 Å². The monoisotopic (exact) mass is 275 g/mol. The molecule has 1 saturated heterocycles. The van der Waals surface area contributed by atoms with Gasteiger partial charge in [0.15, 0.2) is 0 Å². The van der Waals surface area contributed by atoms with Crippen LogP contribution in [0.5, 0.6) is 0 Å². The van der Waals surface area contributed by atoms with E-state index in [-0.39, 0.29) is 25.1 Å². The molecule has 18 heavy (non-hydrogen) atoms. The molecule has 0 aromatic heterocycles. The van der Waals surface area contributed by atoms with Gasteiger partial charge in [0.2, 0.25) is 5.91 Å². The molecular formula is C11H11F2NO3S. The predicted molar refractivity (Wildman–Crippen MR) is 60.2 cm³/mol. The molecule has 0 N–H and O–H groups in total. The Kier molecular flexibility index (Phi) is 3.34. The second kappa shape index (κ2) is 4.64. The van der Waals surface area contributed by atoms with Crippen LogP contribution in [0.1, 0.15) is 12.0 Å². The molecule has 0 aliphatic carbocycles. The Hall–Kier alpha value is -1.50. The van der Waals surface area contributed by atoms with Crippen LogP contribution in [0.3, 0.4) is 0 Å². The Morgan fingerprint density at radius 3 is 2.56 bits per heavy atom. The topological polar surface area (TPSA) is 54.5 Å².